The molecule has 0 bridgehead atoms. The second-order valence-corrected chi connectivity index (χ2v) is 5.81. The molecule has 0 aliphatic rings. The molecule has 2 N–H and O–H groups in total. The van der Waals surface area contributed by atoms with Gasteiger partial charge >= 0.3 is 0 Å². The van der Waals surface area contributed by atoms with Crippen LogP contribution in [0.25, 0.3) is 0 Å². The molecule has 2 atom stereocenters. The van der Waals surface area contributed by atoms with Crippen LogP contribution in [0.3, 0.4) is 0 Å². The molecule has 18 heavy (non-hydrogen) atoms. The second kappa shape index (κ2) is 8.86. The van der Waals surface area contributed by atoms with Crippen LogP contribution in [0.2, 0.25) is 0 Å². The SMILES string of the molecule is CCN(CCCC(C)(CO)NC)C(C)CN(C)C. The van der Waals surface area contributed by atoms with Crippen LogP contribution in [0.15, 0.2) is 0 Å². The van der Waals surface area contributed by atoms with Crippen LogP contribution in [-0.2, 0) is 0 Å². The summed E-state index contributed by atoms with van der Waals surface area (Å²) in [6.07, 6.45) is 2.12. The summed E-state index contributed by atoms with van der Waals surface area (Å²) in [5, 5.41) is 12.6. The highest BCUT2D eigenvalue weighted by atomic mass is 16.3. The van der Waals surface area contributed by atoms with E-state index < -0.39 is 0 Å². The molecule has 0 aliphatic heterocycles. The molecule has 110 valence electrons. The van der Waals surface area contributed by atoms with E-state index in [1.54, 1.807) is 0 Å². The van der Waals surface area contributed by atoms with Crippen LogP contribution in [0.4, 0.5) is 0 Å². The minimum atomic E-state index is -0.135. The Morgan fingerprint density at radius 2 is 1.94 bits per heavy atom. The van der Waals surface area contributed by atoms with Gasteiger partial charge in [0.15, 0.2) is 0 Å². The highest BCUT2D eigenvalue weighted by molar-refractivity contribution is 4.81. The third-order valence-electron chi connectivity index (χ3n) is 3.79. The molecule has 0 heterocycles. The van der Waals surface area contributed by atoms with Crippen molar-refractivity contribution in [2.45, 2.75) is 45.2 Å². The molecule has 4 heteroatoms. The quantitative estimate of drug-likeness (QED) is 0.614. The van der Waals surface area contributed by atoms with Gasteiger partial charge in [0.1, 0.15) is 0 Å². The van der Waals surface area contributed by atoms with Crippen molar-refractivity contribution >= 4 is 0 Å². The number of nitrogens with zero attached hydrogens (tertiary/aromatic N) is 2. The average Bonchev–Trinajstić information content (AvgIpc) is 2.33. The van der Waals surface area contributed by atoms with Crippen molar-refractivity contribution < 1.29 is 5.11 Å². The van der Waals surface area contributed by atoms with Gasteiger partial charge in [-0.25, -0.2) is 0 Å². The largest absolute Gasteiger partial charge is 0.394 e. The van der Waals surface area contributed by atoms with Gasteiger partial charge in [-0.1, -0.05) is 6.92 Å². The van der Waals surface area contributed by atoms with Crippen LogP contribution in [0, 0.1) is 0 Å². The van der Waals surface area contributed by atoms with Crippen molar-refractivity contribution in [1.82, 2.24) is 15.1 Å². The van der Waals surface area contributed by atoms with Crippen molar-refractivity contribution in [2.24, 2.45) is 0 Å². The van der Waals surface area contributed by atoms with Crippen LogP contribution >= 0.6 is 0 Å². The molecular weight excluding hydrogens is 226 g/mol. The topological polar surface area (TPSA) is 38.7 Å². The van der Waals surface area contributed by atoms with Crippen LogP contribution in [0.5, 0.6) is 0 Å². The molecule has 4 nitrogen and oxygen atoms in total. The Morgan fingerprint density at radius 1 is 1.33 bits per heavy atom. The van der Waals surface area contributed by atoms with Gasteiger partial charge in [0.25, 0.3) is 0 Å². The first kappa shape index (κ1) is 17.8. The zero-order valence-electron chi connectivity index (χ0n) is 13.2. The third kappa shape index (κ3) is 6.69. The fourth-order valence-corrected chi connectivity index (χ4v) is 2.29. The van der Waals surface area contributed by atoms with E-state index in [9.17, 15) is 5.11 Å². The summed E-state index contributed by atoms with van der Waals surface area (Å²) >= 11 is 0. The maximum atomic E-state index is 9.35. The number of rotatable bonds is 10. The highest BCUT2D eigenvalue weighted by Gasteiger charge is 2.21. The second-order valence-electron chi connectivity index (χ2n) is 5.81. The van der Waals surface area contributed by atoms with Crippen LogP contribution < -0.4 is 5.32 Å². The van der Waals surface area contributed by atoms with Gasteiger partial charge in [-0.3, -0.25) is 4.90 Å². The van der Waals surface area contributed by atoms with E-state index in [2.05, 4.69) is 50.0 Å². The van der Waals surface area contributed by atoms with Gasteiger partial charge < -0.3 is 15.3 Å². The lowest BCUT2D eigenvalue weighted by molar-refractivity contribution is 0.148. The highest BCUT2D eigenvalue weighted by Crippen LogP contribution is 2.12. The first-order chi connectivity index (χ1) is 8.38. The summed E-state index contributed by atoms with van der Waals surface area (Å²) in [7, 11) is 6.16. The Labute approximate surface area is 113 Å². The van der Waals surface area contributed by atoms with Gasteiger partial charge in [0.2, 0.25) is 0 Å². The van der Waals surface area contributed by atoms with E-state index in [0.29, 0.717) is 6.04 Å². The summed E-state index contributed by atoms with van der Waals surface area (Å²) in [6.45, 7) is 10.1. The molecule has 0 radical (unpaired) electrons. The number of aliphatic hydroxyl groups excluding tert-OH is 1. The van der Waals surface area contributed by atoms with Crippen molar-refractivity contribution in [3.8, 4) is 0 Å². The smallest absolute Gasteiger partial charge is 0.0610 e. The zero-order valence-corrected chi connectivity index (χ0v) is 13.2. The summed E-state index contributed by atoms with van der Waals surface area (Å²) in [5.74, 6) is 0. The monoisotopic (exact) mass is 259 g/mol. The van der Waals surface area contributed by atoms with Gasteiger partial charge in [-0.15, -0.1) is 0 Å². The Hall–Kier alpha value is -0.160. The molecule has 0 aromatic heterocycles. The summed E-state index contributed by atoms with van der Waals surface area (Å²) < 4.78 is 0. The number of aliphatic hydroxyl groups is 1. The number of nitrogens with one attached hydrogen (secondary N) is 1. The van der Waals surface area contributed by atoms with E-state index in [1.165, 1.54) is 0 Å². The van der Waals surface area contributed by atoms with E-state index >= 15 is 0 Å². The molecule has 0 spiro atoms. The van der Waals surface area contributed by atoms with Crippen molar-refractivity contribution in [1.29, 1.82) is 0 Å². The Morgan fingerprint density at radius 3 is 2.33 bits per heavy atom. The minimum absolute atomic E-state index is 0.135. The van der Waals surface area contributed by atoms with E-state index in [1.807, 2.05) is 7.05 Å². The van der Waals surface area contributed by atoms with E-state index in [0.717, 1.165) is 32.5 Å². The molecule has 0 saturated carbocycles. The lowest BCUT2D eigenvalue weighted by Crippen LogP contribution is -2.45. The van der Waals surface area contributed by atoms with E-state index in [-0.39, 0.29) is 12.1 Å². The predicted molar refractivity (Wildman–Crippen MR) is 79.0 cm³/mol. The van der Waals surface area contributed by atoms with Gasteiger partial charge in [0.05, 0.1) is 6.61 Å². The Bertz CT molecular complexity index is 205. The van der Waals surface area contributed by atoms with Crippen molar-refractivity contribution in [2.75, 3.05) is 47.4 Å². The minimum Gasteiger partial charge on any atom is -0.394 e. The maximum absolute atomic E-state index is 9.35. The lowest BCUT2D eigenvalue weighted by atomic mass is 9.97. The molecular formula is C14H33N3O. The number of likely N-dealkylation sites (N-methyl/N-ethyl adjacent to an activating group) is 3. The third-order valence-corrected chi connectivity index (χ3v) is 3.79. The Kier molecular flexibility index (Phi) is 8.78. The molecule has 0 rings (SSSR count). The van der Waals surface area contributed by atoms with Crippen molar-refractivity contribution in [3.05, 3.63) is 0 Å². The zero-order chi connectivity index (χ0) is 14.2. The lowest BCUT2D eigenvalue weighted by Gasteiger charge is -2.32. The predicted octanol–water partition coefficient (Wildman–Crippen LogP) is 1.01. The normalized spacial score (nSPS) is 17.2. The van der Waals surface area contributed by atoms with Gasteiger partial charge in [-0.05, 0) is 60.9 Å². The average molecular weight is 259 g/mol. The Balaban J connectivity index is 4.07. The van der Waals surface area contributed by atoms with Gasteiger partial charge in [-0.2, -0.15) is 0 Å². The molecule has 0 aromatic rings. The van der Waals surface area contributed by atoms with E-state index in [4.69, 9.17) is 0 Å². The first-order valence-electron chi connectivity index (χ1n) is 7.07. The molecule has 0 saturated heterocycles. The summed E-state index contributed by atoms with van der Waals surface area (Å²) in [4.78, 5) is 4.74. The molecule has 0 fully saturated rings. The summed E-state index contributed by atoms with van der Waals surface area (Å²) in [5.41, 5.74) is -0.135. The molecule has 2 unspecified atom stereocenters. The van der Waals surface area contributed by atoms with Gasteiger partial charge in [0, 0.05) is 18.1 Å². The molecule has 0 aliphatic carbocycles. The fraction of sp³-hybridized carbons (Fsp3) is 1.00. The van der Waals surface area contributed by atoms with Crippen LogP contribution in [-0.4, -0.2) is 73.9 Å². The van der Waals surface area contributed by atoms with Crippen molar-refractivity contribution in [3.63, 3.8) is 0 Å². The standard InChI is InChI=1S/C14H33N3O/c1-7-17(13(2)11-16(5)6)10-8-9-14(3,12-18)15-4/h13,15,18H,7-12H2,1-6H3. The molecule has 0 amide bonds. The molecule has 0 aromatic carbocycles. The first-order valence-corrected chi connectivity index (χ1v) is 7.07. The summed E-state index contributed by atoms with van der Waals surface area (Å²) in [6, 6.07) is 0.583. The fourth-order valence-electron chi connectivity index (χ4n) is 2.29. The number of hydrogen-bond donors (Lipinski definition) is 2. The van der Waals surface area contributed by atoms with Crippen LogP contribution in [0.1, 0.15) is 33.6 Å². The number of hydrogen-bond acceptors (Lipinski definition) is 4. The maximum Gasteiger partial charge on any atom is 0.0610 e.